The van der Waals surface area contributed by atoms with E-state index in [1.807, 2.05) is 30.3 Å². The predicted molar refractivity (Wildman–Crippen MR) is 176 cm³/mol. The summed E-state index contributed by atoms with van der Waals surface area (Å²) in [5, 5.41) is 18.3. The SMILES string of the molecule is C[C@H](Cc1ccc(C[C@@H](C)NCC(O)c2cc(Cl)c(N)c(Cl)c2)cc1)NCCc1ccc(OCc2ccccc2)cc1. The van der Waals surface area contributed by atoms with Crippen LogP contribution in [0.1, 0.15) is 47.8 Å². The largest absolute Gasteiger partial charge is 0.489 e. The summed E-state index contributed by atoms with van der Waals surface area (Å²) in [6, 6.07) is 31.3. The number of ether oxygens (including phenoxy) is 1. The van der Waals surface area contributed by atoms with Gasteiger partial charge in [0.15, 0.2) is 0 Å². The molecule has 0 aliphatic carbocycles. The number of halogens is 2. The molecule has 5 nitrogen and oxygen atoms in total. The Balaban J connectivity index is 1.13. The van der Waals surface area contributed by atoms with E-state index in [-0.39, 0.29) is 6.04 Å². The van der Waals surface area contributed by atoms with Crippen molar-refractivity contribution in [3.8, 4) is 5.75 Å². The Hall–Kier alpha value is -3.06. The van der Waals surface area contributed by atoms with Gasteiger partial charge in [0.25, 0.3) is 0 Å². The van der Waals surface area contributed by atoms with Crippen molar-refractivity contribution in [2.75, 3.05) is 18.8 Å². The zero-order valence-electron chi connectivity index (χ0n) is 24.3. The molecule has 1 unspecified atom stereocenters. The van der Waals surface area contributed by atoms with E-state index in [0.29, 0.717) is 40.5 Å². The summed E-state index contributed by atoms with van der Waals surface area (Å²) in [6.45, 7) is 6.24. The molecule has 0 amide bonds. The molecule has 0 fully saturated rings. The lowest BCUT2D eigenvalue weighted by atomic mass is 10.0. The maximum atomic E-state index is 10.6. The average Bonchev–Trinajstić information content (AvgIpc) is 2.99. The van der Waals surface area contributed by atoms with E-state index in [4.69, 9.17) is 33.7 Å². The number of rotatable bonds is 15. The molecule has 0 saturated heterocycles. The molecule has 0 radical (unpaired) electrons. The fraction of sp³-hybridized carbons (Fsp3) is 0.314. The number of aliphatic hydroxyl groups excluding tert-OH is 1. The van der Waals surface area contributed by atoms with Crippen LogP contribution in [-0.2, 0) is 25.9 Å². The molecule has 0 aliphatic heterocycles. The number of nitrogen functional groups attached to an aromatic ring is 1. The molecule has 4 aromatic rings. The highest BCUT2D eigenvalue weighted by molar-refractivity contribution is 6.38. The van der Waals surface area contributed by atoms with Gasteiger partial charge in [0.05, 0.1) is 21.8 Å². The number of nitrogens with one attached hydrogen (secondary N) is 2. The molecule has 42 heavy (non-hydrogen) atoms. The van der Waals surface area contributed by atoms with E-state index in [1.165, 1.54) is 22.3 Å². The number of anilines is 1. The van der Waals surface area contributed by atoms with Crippen LogP contribution in [0, 0.1) is 0 Å². The van der Waals surface area contributed by atoms with Gasteiger partial charge in [-0.3, -0.25) is 0 Å². The first kappa shape index (κ1) is 31.9. The summed E-state index contributed by atoms with van der Waals surface area (Å²) < 4.78 is 5.89. The average molecular weight is 607 g/mol. The first-order valence-corrected chi connectivity index (χ1v) is 15.2. The summed E-state index contributed by atoms with van der Waals surface area (Å²) >= 11 is 12.2. The first-order valence-electron chi connectivity index (χ1n) is 14.5. The van der Waals surface area contributed by atoms with Crippen LogP contribution in [0.5, 0.6) is 5.75 Å². The summed E-state index contributed by atoms with van der Waals surface area (Å²) in [6.07, 6.45) is 2.08. The second-order valence-corrected chi connectivity index (χ2v) is 11.8. The highest BCUT2D eigenvalue weighted by Gasteiger charge is 2.14. The summed E-state index contributed by atoms with van der Waals surface area (Å²) in [5.41, 5.74) is 11.8. The Morgan fingerprint density at radius 3 is 1.88 bits per heavy atom. The van der Waals surface area contributed by atoms with E-state index >= 15 is 0 Å². The maximum Gasteiger partial charge on any atom is 0.119 e. The van der Waals surface area contributed by atoms with Gasteiger partial charge < -0.3 is 26.2 Å². The van der Waals surface area contributed by atoms with Gasteiger partial charge in [-0.1, -0.05) is 89.9 Å². The van der Waals surface area contributed by atoms with Crippen LogP contribution in [0.3, 0.4) is 0 Å². The zero-order valence-corrected chi connectivity index (χ0v) is 25.8. The molecular formula is C35H41Cl2N3O2. The van der Waals surface area contributed by atoms with E-state index in [0.717, 1.165) is 31.6 Å². The highest BCUT2D eigenvalue weighted by atomic mass is 35.5. The molecule has 0 bridgehead atoms. The Labute approximate surface area is 260 Å². The molecule has 0 spiro atoms. The summed E-state index contributed by atoms with van der Waals surface area (Å²) in [4.78, 5) is 0. The standard InChI is InChI=1S/C35H41Cl2N3O2/c1-24(39-17-16-26-12-14-31(15-13-26)42-23-29-6-4-3-5-7-29)18-27-8-10-28(11-9-27)19-25(2)40-22-34(41)30-20-32(36)35(38)33(37)21-30/h3-15,20-21,24-25,34,39-41H,16-19,22-23,38H2,1-2H3/t24-,25-,34?/m1/s1. The Bertz CT molecular complexity index is 1360. The van der Waals surface area contributed by atoms with E-state index < -0.39 is 6.10 Å². The molecule has 4 aromatic carbocycles. The van der Waals surface area contributed by atoms with Gasteiger partial charge in [-0.05, 0) is 91.7 Å². The molecule has 0 heterocycles. The van der Waals surface area contributed by atoms with Crippen molar-refractivity contribution in [1.82, 2.24) is 10.6 Å². The monoisotopic (exact) mass is 605 g/mol. The topological polar surface area (TPSA) is 79.5 Å². The van der Waals surface area contributed by atoms with Crippen molar-refractivity contribution in [1.29, 1.82) is 0 Å². The molecule has 222 valence electrons. The summed E-state index contributed by atoms with van der Waals surface area (Å²) in [7, 11) is 0. The zero-order chi connectivity index (χ0) is 29.9. The third-order valence-corrected chi connectivity index (χ3v) is 7.96. The van der Waals surface area contributed by atoms with Gasteiger partial charge in [0.2, 0.25) is 0 Å². The van der Waals surface area contributed by atoms with E-state index in [2.05, 4.69) is 73.0 Å². The smallest absolute Gasteiger partial charge is 0.119 e. The van der Waals surface area contributed by atoms with Crippen molar-refractivity contribution >= 4 is 28.9 Å². The molecule has 0 saturated carbocycles. The first-order chi connectivity index (χ1) is 20.3. The van der Waals surface area contributed by atoms with Gasteiger partial charge in [0, 0.05) is 18.6 Å². The van der Waals surface area contributed by atoms with Crippen molar-refractivity contribution in [2.24, 2.45) is 0 Å². The summed E-state index contributed by atoms with van der Waals surface area (Å²) in [5.74, 6) is 0.893. The molecule has 7 heteroatoms. The Kier molecular flexibility index (Phi) is 12.1. The molecular weight excluding hydrogens is 565 g/mol. The van der Waals surface area contributed by atoms with E-state index in [1.54, 1.807) is 12.1 Å². The van der Waals surface area contributed by atoms with Crippen LogP contribution in [0.15, 0.2) is 91.0 Å². The molecule has 0 aliphatic rings. The molecule has 0 aromatic heterocycles. The van der Waals surface area contributed by atoms with Crippen LogP contribution >= 0.6 is 23.2 Å². The van der Waals surface area contributed by atoms with Crippen LogP contribution < -0.4 is 21.1 Å². The Morgan fingerprint density at radius 2 is 1.29 bits per heavy atom. The minimum atomic E-state index is -0.724. The minimum absolute atomic E-state index is 0.190. The van der Waals surface area contributed by atoms with Crippen LogP contribution in [0.4, 0.5) is 5.69 Å². The van der Waals surface area contributed by atoms with Crippen molar-refractivity contribution in [3.63, 3.8) is 0 Å². The number of aliphatic hydroxyl groups is 1. The van der Waals surface area contributed by atoms with Gasteiger partial charge in [0.1, 0.15) is 12.4 Å². The van der Waals surface area contributed by atoms with Gasteiger partial charge in [-0.2, -0.15) is 0 Å². The minimum Gasteiger partial charge on any atom is -0.489 e. The van der Waals surface area contributed by atoms with Crippen LogP contribution in [-0.4, -0.2) is 30.3 Å². The number of hydrogen-bond acceptors (Lipinski definition) is 5. The molecule has 5 N–H and O–H groups in total. The fourth-order valence-corrected chi connectivity index (χ4v) is 5.35. The van der Waals surface area contributed by atoms with E-state index in [9.17, 15) is 5.11 Å². The third kappa shape index (κ3) is 10.0. The maximum absolute atomic E-state index is 10.6. The predicted octanol–water partition coefficient (Wildman–Crippen LogP) is 7.17. The second-order valence-electron chi connectivity index (χ2n) is 11.0. The normalized spacial score (nSPS) is 13.5. The van der Waals surface area contributed by atoms with Crippen LogP contribution in [0.2, 0.25) is 10.0 Å². The van der Waals surface area contributed by atoms with Gasteiger partial charge in [-0.25, -0.2) is 0 Å². The molecule has 3 atom stereocenters. The van der Waals surface area contributed by atoms with Crippen LogP contribution in [0.25, 0.3) is 0 Å². The number of hydrogen-bond donors (Lipinski definition) is 4. The molecule has 4 rings (SSSR count). The Morgan fingerprint density at radius 1 is 0.738 bits per heavy atom. The van der Waals surface area contributed by atoms with Crippen molar-refractivity contribution in [3.05, 3.63) is 129 Å². The number of benzene rings is 4. The van der Waals surface area contributed by atoms with Crippen molar-refractivity contribution < 1.29 is 9.84 Å². The lowest BCUT2D eigenvalue weighted by Gasteiger charge is -2.19. The quantitative estimate of drug-likeness (QED) is 0.108. The van der Waals surface area contributed by atoms with Gasteiger partial charge >= 0.3 is 0 Å². The fourth-order valence-electron chi connectivity index (χ4n) is 4.85. The second kappa shape index (κ2) is 16.0. The highest BCUT2D eigenvalue weighted by Crippen LogP contribution is 2.31. The van der Waals surface area contributed by atoms with Crippen molar-refractivity contribution in [2.45, 2.75) is 57.9 Å². The number of nitrogens with two attached hydrogens (primary N) is 1. The third-order valence-electron chi connectivity index (χ3n) is 7.33. The lowest BCUT2D eigenvalue weighted by molar-refractivity contribution is 0.170. The lowest BCUT2D eigenvalue weighted by Crippen LogP contribution is -2.32. The van der Waals surface area contributed by atoms with Gasteiger partial charge in [-0.15, -0.1) is 0 Å².